The first-order valence-corrected chi connectivity index (χ1v) is 5.51. The molecule has 0 aromatic rings. The molecule has 78 valence electrons. The molecular weight excluding hydrogens is 176 g/mol. The van der Waals surface area contributed by atoms with Crippen LogP contribution in [0.15, 0.2) is 4.99 Å². The van der Waals surface area contributed by atoms with Crippen LogP contribution < -0.4 is 5.32 Å². The minimum atomic E-state index is -0.177. The molecule has 3 heteroatoms. The van der Waals surface area contributed by atoms with Gasteiger partial charge in [-0.15, -0.1) is 0 Å². The summed E-state index contributed by atoms with van der Waals surface area (Å²) >= 11 is 0. The molecule has 0 bridgehead atoms. The second-order valence-corrected chi connectivity index (χ2v) is 4.76. The maximum absolute atomic E-state index is 11.3. The maximum Gasteiger partial charge on any atom is 0.249 e. The van der Waals surface area contributed by atoms with Crippen molar-refractivity contribution in [2.75, 3.05) is 0 Å². The normalized spacial score (nSPS) is 31.1. The molecular formula is C11H18N2O. The molecule has 2 rings (SSSR count). The highest BCUT2D eigenvalue weighted by Crippen LogP contribution is 2.37. The highest BCUT2D eigenvalue weighted by molar-refractivity contribution is 6.07. The SMILES string of the molecule is CC1N=C(C2(C)CCCCC2)NC1=O. The van der Waals surface area contributed by atoms with E-state index in [9.17, 15) is 4.79 Å². The zero-order chi connectivity index (χ0) is 10.2. The van der Waals surface area contributed by atoms with Gasteiger partial charge in [0.1, 0.15) is 11.9 Å². The Balaban J connectivity index is 2.14. The van der Waals surface area contributed by atoms with Crippen LogP contribution >= 0.6 is 0 Å². The summed E-state index contributed by atoms with van der Waals surface area (Å²) in [6.07, 6.45) is 6.18. The fourth-order valence-electron chi connectivity index (χ4n) is 2.38. The maximum atomic E-state index is 11.3. The number of hydrogen-bond donors (Lipinski definition) is 1. The van der Waals surface area contributed by atoms with E-state index in [-0.39, 0.29) is 17.4 Å². The number of aliphatic imine (C=N–C) groups is 1. The third-order valence-corrected chi connectivity index (χ3v) is 3.47. The van der Waals surface area contributed by atoms with Crippen LogP contribution in [-0.4, -0.2) is 17.8 Å². The molecule has 1 aliphatic heterocycles. The zero-order valence-corrected chi connectivity index (χ0v) is 8.97. The number of carbonyl (C=O) groups is 1. The Hall–Kier alpha value is -0.860. The van der Waals surface area contributed by atoms with Crippen LogP contribution in [0, 0.1) is 5.41 Å². The summed E-state index contributed by atoms with van der Waals surface area (Å²) in [6, 6.07) is -0.177. The van der Waals surface area contributed by atoms with Crippen LogP contribution in [0.4, 0.5) is 0 Å². The van der Waals surface area contributed by atoms with Crippen molar-refractivity contribution in [2.24, 2.45) is 10.4 Å². The summed E-state index contributed by atoms with van der Waals surface area (Å²) in [6.45, 7) is 4.08. The van der Waals surface area contributed by atoms with Crippen molar-refractivity contribution >= 4 is 11.7 Å². The van der Waals surface area contributed by atoms with Crippen LogP contribution in [0.5, 0.6) is 0 Å². The summed E-state index contributed by atoms with van der Waals surface area (Å²) in [4.78, 5) is 15.8. The average Bonchev–Trinajstić information content (AvgIpc) is 2.49. The lowest BCUT2D eigenvalue weighted by Crippen LogP contribution is -2.40. The first-order chi connectivity index (χ1) is 6.62. The lowest BCUT2D eigenvalue weighted by molar-refractivity contribution is -0.119. The molecule has 1 fully saturated rings. The molecule has 2 aliphatic rings. The molecule has 0 aromatic carbocycles. The number of nitrogens with one attached hydrogen (secondary N) is 1. The van der Waals surface area contributed by atoms with Crippen LogP contribution in [0.2, 0.25) is 0 Å². The van der Waals surface area contributed by atoms with Gasteiger partial charge < -0.3 is 5.32 Å². The minimum absolute atomic E-state index is 0.0619. The Labute approximate surface area is 85.0 Å². The molecule has 1 heterocycles. The van der Waals surface area contributed by atoms with Gasteiger partial charge in [0.15, 0.2) is 0 Å². The predicted molar refractivity (Wildman–Crippen MR) is 56.2 cm³/mol. The second kappa shape index (κ2) is 3.37. The van der Waals surface area contributed by atoms with Gasteiger partial charge in [0, 0.05) is 5.41 Å². The van der Waals surface area contributed by atoms with Crippen molar-refractivity contribution in [1.82, 2.24) is 5.32 Å². The number of carbonyl (C=O) groups excluding carboxylic acids is 1. The first kappa shape index (κ1) is 9.69. The Morgan fingerprint density at radius 3 is 2.50 bits per heavy atom. The third-order valence-electron chi connectivity index (χ3n) is 3.47. The molecule has 1 aliphatic carbocycles. The molecule has 1 unspecified atom stereocenters. The van der Waals surface area contributed by atoms with Crippen molar-refractivity contribution in [2.45, 2.75) is 52.0 Å². The number of nitrogens with zero attached hydrogens (tertiary/aromatic N) is 1. The van der Waals surface area contributed by atoms with E-state index in [2.05, 4.69) is 17.2 Å². The van der Waals surface area contributed by atoms with Gasteiger partial charge in [-0.05, 0) is 19.8 Å². The quantitative estimate of drug-likeness (QED) is 0.680. The molecule has 14 heavy (non-hydrogen) atoms. The van der Waals surface area contributed by atoms with Crippen LogP contribution in [0.3, 0.4) is 0 Å². The number of hydrogen-bond acceptors (Lipinski definition) is 2. The van der Waals surface area contributed by atoms with Gasteiger partial charge in [-0.3, -0.25) is 9.79 Å². The van der Waals surface area contributed by atoms with Crippen molar-refractivity contribution in [3.05, 3.63) is 0 Å². The van der Waals surface area contributed by atoms with E-state index in [0.29, 0.717) is 0 Å². The number of amidine groups is 1. The molecule has 0 spiro atoms. The van der Waals surface area contributed by atoms with Crippen molar-refractivity contribution in [3.63, 3.8) is 0 Å². The van der Waals surface area contributed by atoms with E-state index in [1.165, 1.54) is 32.1 Å². The number of amides is 1. The first-order valence-electron chi connectivity index (χ1n) is 5.51. The van der Waals surface area contributed by atoms with E-state index in [4.69, 9.17) is 0 Å². The van der Waals surface area contributed by atoms with Gasteiger partial charge in [-0.2, -0.15) is 0 Å². The summed E-state index contributed by atoms with van der Waals surface area (Å²) in [5, 5.41) is 2.92. The fourth-order valence-corrected chi connectivity index (χ4v) is 2.38. The fraction of sp³-hybridized carbons (Fsp3) is 0.818. The molecule has 1 amide bonds. The average molecular weight is 194 g/mol. The summed E-state index contributed by atoms with van der Waals surface area (Å²) < 4.78 is 0. The van der Waals surface area contributed by atoms with Gasteiger partial charge in [-0.25, -0.2) is 0 Å². The lowest BCUT2D eigenvalue weighted by atomic mass is 9.75. The monoisotopic (exact) mass is 194 g/mol. The van der Waals surface area contributed by atoms with E-state index in [1.807, 2.05) is 6.92 Å². The highest BCUT2D eigenvalue weighted by atomic mass is 16.2. The smallest absolute Gasteiger partial charge is 0.249 e. The number of rotatable bonds is 1. The molecule has 3 nitrogen and oxygen atoms in total. The molecule has 0 saturated heterocycles. The van der Waals surface area contributed by atoms with Gasteiger partial charge in [-0.1, -0.05) is 26.2 Å². The van der Waals surface area contributed by atoms with Crippen molar-refractivity contribution in [3.8, 4) is 0 Å². The molecule has 1 saturated carbocycles. The summed E-state index contributed by atoms with van der Waals surface area (Å²) in [5.41, 5.74) is 0.138. The molecule has 0 aromatic heterocycles. The summed E-state index contributed by atoms with van der Waals surface area (Å²) in [7, 11) is 0. The molecule has 1 atom stereocenters. The Morgan fingerprint density at radius 2 is 2.00 bits per heavy atom. The highest BCUT2D eigenvalue weighted by Gasteiger charge is 2.37. The van der Waals surface area contributed by atoms with Crippen LogP contribution in [0.1, 0.15) is 46.0 Å². The van der Waals surface area contributed by atoms with Crippen LogP contribution in [-0.2, 0) is 4.79 Å². The Kier molecular flexibility index (Phi) is 2.33. The molecule has 1 N–H and O–H groups in total. The second-order valence-electron chi connectivity index (χ2n) is 4.76. The largest absolute Gasteiger partial charge is 0.312 e. The van der Waals surface area contributed by atoms with Crippen molar-refractivity contribution < 1.29 is 4.79 Å². The van der Waals surface area contributed by atoms with E-state index < -0.39 is 0 Å². The Bertz CT molecular complexity index is 277. The zero-order valence-electron chi connectivity index (χ0n) is 8.97. The van der Waals surface area contributed by atoms with Gasteiger partial charge in [0.25, 0.3) is 0 Å². The van der Waals surface area contributed by atoms with E-state index in [0.717, 1.165) is 5.84 Å². The van der Waals surface area contributed by atoms with Gasteiger partial charge in [0.2, 0.25) is 5.91 Å². The Morgan fingerprint density at radius 1 is 1.36 bits per heavy atom. The van der Waals surface area contributed by atoms with E-state index >= 15 is 0 Å². The topological polar surface area (TPSA) is 41.5 Å². The van der Waals surface area contributed by atoms with E-state index in [1.54, 1.807) is 0 Å². The molecule has 0 radical (unpaired) electrons. The van der Waals surface area contributed by atoms with Crippen LogP contribution in [0.25, 0.3) is 0 Å². The lowest BCUT2D eigenvalue weighted by Gasteiger charge is -2.33. The summed E-state index contributed by atoms with van der Waals surface area (Å²) in [5.74, 6) is 1.00. The van der Waals surface area contributed by atoms with Crippen molar-refractivity contribution in [1.29, 1.82) is 0 Å². The van der Waals surface area contributed by atoms with Gasteiger partial charge in [0.05, 0.1) is 0 Å². The predicted octanol–water partition coefficient (Wildman–Crippen LogP) is 1.87. The minimum Gasteiger partial charge on any atom is -0.312 e. The third kappa shape index (κ3) is 1.56. The standard InChI is InChI=1S/C11H18N2O/c1-8-9(14)13-10(12-8)11(2)6-4-3-5-7-11/h8H,3-7H2,1-2H3,(H,12,13,14). The van der Waals surface area contributed by atoms with Gasteiger partial charge >= 0.3 is 0 Å².